The summed E-state index contributed by atoms with van der Waals surface area (Å²) in [4.78, 5) is 27.9. The number of likely N-dealkylation sites (tertiary alicyclic amines) is 2. The number of hydrogen-bond donors (Lipinski definition) is 1. The molecule has 2 aliphatic rings. The Kier molecular flexibility index (Phi) is 6.37. The van der Waals surface area contributed by atoms with Crippen LogP contribution in [0.25, 0.3) is 22.0 Å². The van der Waals surface area contributed by atoms with Gasteiger partial charge in [0.2, 0.25) is 0 Å². The molecule has 3 aromatic heterocycles. The molecule has 5 heterocycles. The van der Waals surface area contributed by atoms with Crippen LogP contribution in [-0.4, -0.2) is 75.0 Å². The molecule has 0 spiro atoms. The lowest BCUT2D eigenvalue weighted by atomic mass is 10.0. The van der Waals surface area contributed by atoms with Crippen LogP contribution in [0.3, 0.4) is 0 Å². The molecule has 4 aromatic rings. The highest BCUT2D eigenvalue weighted by molar-refractivity contribution is 6.12. The van der Waals surface area contributed by atoms with Crippen molar-refractivity contribution in [3.05, 3.63) is 71.9 Å². The lowest BCUT2D eigenvalue weighted by molar-refractivity contribution is 0.0115. The van der Waals surface area contributed by atoms with Gasteiger partial charge in [-0.1, -0.05) is 6.07 Å². The fourth-order valence-electron chi connectivity index (χ4n) is 5.04. The summed E-state index contributed by atoms with van der Waals surface area (Å²) < 4.78 is 27.2. The van der Waals surface area contributed by atoms with Crippen molar-refractivity contribution >= 4 is 22.5 Å². The van der Waals surface area contributed by atoms with Gasteiger partial charge < -0.3 is 4.90 Å². The highest BCUT2D eigenvalue weighted by Gasteiger charge is 2.37. The molecule has 1 amide bonds. The number of nitrogens with zero attached hydrogens (tertiary/aromatic N) is 6. The first-order valence-corrected chi connectivity index (χ1v) is 12.8. The van der Waals surface area contributed by atoms with Gasteiger partial charge in [0.05, 0.1) is 29.6 Å². The van der Waals surface area contributed by atoms with E-state index < -0.39 is 5.92 Å². The number of halogens is 2. The predicted molar refractivity (Wildman–Crippen MR) is 141 cm³/mol. The van der Waals surface area contributed by atoms with E-state index in [9.17, 15) is 13.6 Å². The molecule has 196 valence electrons. The fraction of sp³-hybridized carbons (Fsp3) is 0.357. The monoisotopic (exact) mass is 517 g/mol. The number of alkyl halides is 2. The fourth-order valence-corrected chi connectivity index (χ4v) is 5.04. The summed E-state index contributed by atoms with van der Waals surface area (Å²) in [5.41, 5.74) is 5.33. The predicted octanol–water partition coefficient (Wildman–Crippen LogP) is 4.34. The van der Waals surface area contributed by atoms with Gasteiger partial charge in [-0.2, -0.15) is 5.10 Å². The van der Waals surface area contributed by atoms with Crippen molar-refractivity contribution in [3.8, 4) is 11.1 Å². The Morgan fingerprint density at radius 3 is 2.61 bits per heavy atom. The number of carbonyl (C=O) groups is 1. The lowest BCUT2D eigenvalue weighted by Gasteiger charge is -2.30. The number of rotatable bonds is 7. The van der Waals surface area contributed by atoms with Gasteiger partial charge in [0.1, 0.15) is 0 Å². The Balaban J connectivity index is 1.21. The van der Waals surface area contributed by atoms with E-state index in [1.807, 2.05) is 36.4 Å². The second kappa shape index (κ2) is 9.85. The maximum atomic E-state index is 13.6. The van der Waals surface area contributed by atoms with E-state index >= 15 is 0 Å². The lowest BCUT2D eigenvalue weighted by Crippen LogP contribution is -2.36. The summed E-state index contributed by atoms with van der Waals surface area (Å²) >= 11 is 0. The maximum Gasteiger partial charge on any atom is 0.279 e. The van der Waals surface area contributed by atoms with Crippen LogP contribution in [0.5, 0.6) is 0 Å². The standard InChI is InChI=1S/C28H29F2N7O/c1-35(23-5-4-22(32-15-23)17-36-8-2-9-36)27(38)26-24-12-20(3-6-25(24)33-34-26)21-11-19(13-31-14-21)16-37-10-7-28(29,30)18-37/h3-6,11-15H,2,7-10,16-18H2,1H3,(H,33,34). The number of aromatic amines is 1. The summed E-state index contributed by atoms with van der Waals surface area (Å²) in [5.74, 6) is -2.87. The number of H-pyrrole nitrogens is 1. The van der Waals surface area contributed by atoms with Crippen molar-refractivity contribution in [1.82, 2.24) is 30.0 Å². The van der Waals surface area contributed by atoms with Crippen molar-refractivity contribution < 1.29 is 13.6 Å². The highest BCUT2D eigenvalue weighted by Crippen LogP contribution is 2.30. The highest BCUT2D eigenvalue weighted by atomic mass is 19.3. The molecule has 0 saturated carbocycles. The molecule has 10 heteroatoms. The van der Waals surface area contributed by atoms with E-state index in [4.69, 9.17) is 0 Å². The Morgan fingerprint density at radius 2 is 1.89 bits per heavy atom. The molecule has 0 unspecified atom stereocenters. The van der Waals surface area contributed by atoms with E-state index in [2.05, 4.69) is 25.1 Å². The minimum absolute atomic E-state index is 0.110. The molecule has 0 radical (unpaired) electrons. The summed E-state index contributed by atoms with van der Waals surface area (Å²) in [7, 11) is 1.72. The molecule has 0 bridgehead atoms. The molecule has 1 aromatic carbocycles. The maximum absolute atomic E-state index is 13.6. The van der Waals surface area contributed by atoms with Crippen LogP contribution in [0, 0.1) is 0 Å². The van der Waals surface area contributed by atoms with E-state index in [-0.39, 0.29) is 18.9 Å². The van der Waals surface area contributed by atoms with Crippen molar-refractivity contribution in [2.24, 2.45) is 0 Å². The average molecular weight is 518 g/mol. The molecule has 38 heavy (non-hydrogen) atoms. The van der Waals surface area contributed by atoms with Crippen molar-refractivity contribution in [1.29, 1.82) is 0 Å². The number of carbonyl (C=O) groups excluding carboxylic acids is 1. The zero-order chi connectivity index (χ0) is 26.3. The number of anilines is 1. The normalized spacial score (nSPS) is 17.6. The Hall–Kier alpha value is -3.76. The smallest absolute Gasteiger partial charge is 0.279 e. The number of amides is 1. The SMILES string of the molecule is CN(C(=O)c1n[nH]c2ccc(-c3cncc(CN4CCC(F)(F)C4)c3)cc12)c1ccc(CN2CCC2)nc1. The first-order chi connectivity index (χ1) is 18.3. The Morgan fingerprint density at radius 1 is 1.03 bits per heavy atom. The molecule has 8 nitrogen and oxygen atoms in total. The van der Waals surface area contributed by atoms with Gasteiger partial charge in [0.25, 0.3) is 11.8 Å². The molecule has 0 aliphatic carbocycles. The van der Waals surface area contributed by atoms with Gasteiger partial charge in [0, 0.05) is 56.4 Å². The van der Waals surface area contributed by atoms with Gasteiger partial charge in [-0.05, 0) is 61.0 Å². The van der Waals surface area contributed by atoms with Crippen LogP contribution < -0.4 is 4.90 Å². The first-order valence-electron chi connectivity index (χ1n) is 12.8. The number of benzene rings is 1. The molecular weight excluding hydrogens is 488 g/mol. The quantitative estimate of drug-likeness (QED) is 0.393. The van der Waals surface area contributed by atoms with Crippen LogP contribution >= 0.6 is 0 Å². The van der Waals surface area contributed by atoms with E-state index in [0.717, 1.165) is 47.5 Å². The zero-order valence-corrected chi connectivity index (χ0v) is 21.2. The number of hydrogen-bond acceptors (Lipinski definition) is 6. The van der Waals surface area contributed by atoms with Crippen LogP contribution in [0.1, 0.15) is 34.6 Å². The summed E-state index contributed by atoms with van der Waals surface area (Å²) in [6, 6.07) is 11.6. The number of aromatic nitrogens is 4. The number of pyridine rings is 2. The topological polar surface area (TPSA) is 81.2 Å². The number of fused-ring (bicyclic) bond motifs is 1. The van der Waals surface area contributed by atoms with Gasteiger partial charge in [-0.15, -0.1) is 0 Å². The summed E-state index contributed by atoms with van der Waals surface area (Å²) in [6.45, 7) is 3.60. The van der Waals surface area contributed by atoms with Gasteiger partial charge >= 0.3 is 0 Å². The van der Waals surface area contributed by atoms with E-state index in [1.165, 1.54) is 6.42 Å². The third-order valence-electron chi connectivity index (χ3n) is 7.38. The first kappa shape index (κ1) is 24.6. The second-order valence-electron chi connectivity index (χ2n) is 10.2. The average Bonchev–Trinajstić information content (AvgIpc) is 3.47. The van der Waals surface area contributed by atoms with Crippen molar-refractivity contribution in [3.63, 3.8) is 0 Å². The number of nitrogens with one attached hydrogen (secondary N) is 1. The van der Waals surface area contributed by atoms with Crippen LogP contribution in [0.2, 0.25) is 0 Å². The van der Waals surface area contributed by atoms with Gasteiger partial charge in [-0.25, -0.2) is 8.78 Å². The molecule has 2 fully saturated rings. The largest absolute Gasteiger partial charge is 0.308 e. The minimum atomic E-state index is -2.63. The van der Waals surface area contributed by atoms with Gasteiger partial charge in [-0.3, -0.25) is 29.7 Å². The minimum Gasteiger partial charge on any atom is -0.308 e. The Bertz CT molecular complexity index is 1470. The van der Waals surface area contributed by atoms with Crippen LogP contribution in [0.4, 0.5) is 14.5 Å². The van der Waals surface area contributed by atoms with Crippen molar-refractivity contribution in [2.45, 2.75) is 31.9 Å². The molecule has 2 aliphatic heterocycles. The van der Waals surface area contributed by atoms with E-state index in [1.54, 1.807) is 35.4 Å². The van der Waals surface area contributed by atoms with E-state index in [0.29, 0.717) is 29.9 Å². The Labute approximate surface area is 219 Å². The molecular formula is C28H29F2N7O. The molecule has 0 atom stereocenters. The van der Waals surface area contributed by atoms with Crippen molar-refractivity contribution in [2.75, 3.05) is 38.1 Å². The zero-order valence-electron chi connectivity index (χ0n) is 21.2. The molecule has 1 N–H and O–H groups in total. The molecule has 6 rings (SSSR count). The van der Waals surface area contributed by atoms with Gasteiger partial charge in [0.15, 0.2) is 5.69 Å². The second-order valence-corrected chi connectivity index (χ2v) is 10.2. The third-order valence-corrected chi connectivity index (χ3v) is 7.38. The summed E-state index contributed by atoms with van der Waals surface area (Å²) in [6.07, 6.45) is 6.30. The third kappa shape index (κ3) is 5.01. The van der Waals surface area contributed by atoms with Crippen LogP contribution in [-0.2, 0) is 13.1 Å². The summed E-state index contributed by atoms with van der Waals surface area (Å²) in [5, 5.41) is 7.97. The molecule has 2 saturated heterocycles. The van der Waals surface area contributed by atoms with Crippen LogP contribution in [0.15, 0.2) is 55.0 Å².